The zero-order chi connectivity index (χ0) is 16.9. The fourth-order valence-electron chi connectivity index (χ4n) is 4.44. The summed E-state index contributed by atoms with van der Waals surface area (Å²) in [6, 6.07) is 3.83. The van der Waals surface area contributed by atoms with Gasteiger partial charge in [0.1, 0.15) is 0 Å². The van der Waals surface area contributed by atoms with Gasteiger partial charge in [-0.25, -0.2) is 0 Å². The maximum atomic E-state index is 10.9. The van der Waals surface area contributed by atoms with Crippen LogP contribution in [0.4, 0.5) is 0 Å². The summed E-state index contributed by atoms with van der Waals surface area (Å²) in [6.07, 6.45) is 4.33. The second-order valence-corrected chi connectivity index (χ2v) is 6.79. The monoisotopic (exact) mass is 333 g/mol. The highest BCUT2D eigenvalue weighted by Crippen LogP contribution is 2.49. The minimum atomic E-state index is -0.581. The zero-order valence-corrected chi connectivity index (χ0v) is 13.9. The van der Waals surface area contributed by atoms with Gasteiger partial charge in [-0.05, 0) is 36.7 Å². The van der Waals surface area contributed by atoms with Crippen molar-refractivity contribution in [2.75, 3.05) is 27.5 Å². The van der Waals surface area contributed by atoms with E-state index in [0.29, 0.717) is 18.0 Å². The number of likely N-dealkylation sites (N-methyl/N-ethyl adjacent to an activating group) is 1. The van der Waals surface area contributed by atoms with E-state index in [9.17, 15) is 10.2 Å². The van der Waals surface area contributed by atoms with Crippen LogP contribution in [0.25, 0.3) is 0 Å². The number of hydrogen-bond acceptors (Lipinski definition) is 6. The molecule has 2 N–H and O–H groups in total. The van der Waals surface area contributed by atoms with Gasteiger partial charge in [0.2, 0.25) is 6.79 Å². The molecule has 1 fully saturated rings. The van der Waals surface area contributed by atoms with Crippen molar-refractivity contribution in [3.63, 3.8) is 0 Å². The Morgan fingerprint density at radius 2 is 2.08 bits per heavy atom. The first kappa shape index (κ1) is 15.9. The first-order valence-electron chi connectivity index (χ1n) is 8.24. The number of β-amino-alcohol motifs (C(OH)–C–C–N with tert-alkyl or cyclic N) is 1. The van der Waals surface area contributed by atoms with E-state index in [2.05, 4.69) is 11.0 Å². The van der Waals surface area contributed by atoms with E-state index in [0.717, 1.165) is 17.5 Å². The van der Waals surface area contributed by atoms with Gasteiger partial charge in [-0.15, -0.1) is 0 Å². The Labute approximate surface area is 141 Å². The first-order valence-corrected chi connectivity index (χ1v) is 8.24. The van der Waals surface area contributed by atoms with E-state index >= 15 is 0 Å². The van der Waals surface area contributed by atoms with Crippen molar-refractivity contribution in [3.8, 4) is 11.5 Å². The summed E-state index contributed by atoms with van der Waals surface area (Å²) in [6.45, 7) is 0.646. The molecule has 6 nitrogen and oxygen atoms in total. The van der Waals surface area contributed by atoms with Gasteiger partial charge in [0.05, 0.1) is 24.2 Å². The van der Waals surface area contributed by atoms with Crippen molar-refractivity contribution in [3.05, 3.63) is 35.4 Å². The molecule has 2 aliphatic heterocycles. The van der Waals surface area contributed by atoms with E-state index in [1.165, 1.54) is 0 Å². The molecule has 6 heteroatoms. The molecule has 0 radical (unpaired) electrons. The van der Waals surface area contributed by atoms with E-state index < -0.39 is 11.5 Å². The highest BCUT2D eigenvalue weighted by atomic mass is 16.7. The Balaban J connectivity index is 1.89. The topological polar surface area (TPSA) is 71.4 Å². The SMILES string of the molecule is CO[C@@H]1C=C[C@@]2(c3cc4c(cc3CO)OCO4)C(O)CN(C)[C@H]2C1. The Hall–Kier alpha value is -1.60. The van der Waals surface area contributed by atoms with Crippen molar-refractivity contribution < 1.29 is 24.4 Å². The second-order valence-electron chi connectivity index (χ2n) is 6.79. The Bertz CT molecular complexity index is 676. The smallest absolute Gasteiger partial charge is 0.231 e. The second kappa shape index (κ2) is 5.74. The van der Waals surface area contributed by atoms with Crippen LogP contribution in [0.5, 0.6) is 11.5 Å². The molecule has 0 aromatic heterocycles. The predicted molar refractivity (Wildman–Crippen MR) is 87.1 cm³/mol. The summed E-state index contributed by atoms with van der Waals surface area (Å²) in [7, 11) is 3.72. The third-order valence-electron chi connectivity index (χ3n) is 5.68. The van der Waals surface area contributed by atoms with Crippen molar-refractivity contribution in [2.24, 2.45) is 0 Å². The molecule has 4 rings (SSSR count). The predicted octanol–water partition coefficient (Wildman–Crippen LogP) is 0.795. The molecular weight excluding hydrogens is 310 g/mol. The number of nitrogens with zero attached hydrogens (tertiary/aromatic N) is 1. The van der Waals surface area contributed by atoms with Crippen molar-refractivity contribution in [1.82, 2.24) is 4.90 Å². The highest BCUT2D eigenvalue weighted by Gasteiger charge is 2.55. The van der Waals surface area contributed by atoms with Crippen molar-refractivity contribution in [2.45, 2.75) is 36.7 Å². The summed E-state index contributed by atoms with van der Waals surface area (Å²) < 4.78 is 16.5. The minimum Gasteiger partial charge on any atom is -0.454 e. The first-order chi connectivity index (χ1) is 11.6. The third kappa shape index (κ3) is 2.10. The van der Waals surface area contributed by atoms with Crippen LogP contribution in [0.3, 0.4) is 0 Å². The van der Waals surface area contributed by atoms with Gasteiger partial charge in [0, 0.05) is 19.7 Å². The standard InChI is InChI=1S/C18H23NO5/c1-19-8-17(21)18(4-3-12(22-2)6-16(18)19)13-7-15-14(23-10-24-15)5-11(13)9-20/h3-5,7,12,16-17,20-21H,6,8-10H2,1-2H3/t12-,16+,17?,18+/m1/s1. The molecule has 4 atom stereocenters. The van der Waals surface area contributed by atoms with E-state index in [-0.39, 0.29) is 25.5 Å². The highest BCUT2D eigenvalue weighted by molar-refractivity contribution is 5.54. The summed E-state index contributed by atoms with van der Waals surface area (Å²) in [5.74, 6) is 1.31. The van der Waals surface area contributed by atoms with Crippen LogP contribution in [0.1, 0.15) is 17.5 Å². The van der Waals surface area contributed by atoms with Gasteiger partial charge < -0.3 is 24.4 Å². The molecule has 1 aromatic carbocycles. The van der Waals surface area contributed by atoms with Crippen LogP contribution in [0, 0.1) is 0 Å². The maximum absolute atomic E-state index is 10.9. The average molecular weight is 333 g/mol. The molecular formula is C18H23NO5. The lowest BCUT2D eigenvalue weighted by Gasteiger charge is -2.42. The zero-order valence-electron chi connectivity index (χ0n) is 13.9. The quantitative estimate of drug-likeness (QED) is 0.797. The lowest BCUT2D eigenvalue weighted by atomic mass is 9.66. The summed E-state index contributed by atoms with van der Waals surface area (Å²) in [5.41, 5.74) is 1.09. The lowest BCUT2D eigenvalue weighted by Crippen LogP contribution is -2.49. The van der Waals surface area contributed by atoms with Gasteiger partial charge in [-0.2, -0.15) is 0 Å². The number of aliphatic hydroxyl groups is 2. The molecule has 3 aliphatic rings. The number of benzene rings is 1. The molecule has 1 saturated heterocycles. The van der Waals surface area contributed by atoms with E-state index in [1.54, 1.807) is 7.11 Å². The number of likely N-dealkylation sites (tertiary alicyclic amines) is 1. The number of hydrogen-bond donors (Lipinski definition) is 2. The number of ether oxygens (including phenoxy) is 3. The van der Waals surface area contributed by atoms with Crippen LogP contribution in [0.15, 0.2) is 24.3 Å². The summed E-state index contributed by atoms with van der Waals surface area (Å²) in [5, 5.41) is 20.8. The number of rotatable bonds is 3. The fraction of sp³-hybridized carbons (Fsp3) is 0.556. The van der Waals surface area contributed by atoms with Gasteiger partial charge in [0.25, 0.3) is 0 Å². The van der Waals surface area contributed by atoms with Crippen LogP contribution in [0.2, 0.25) is 0 Å². The number of aliphatic hydroxyl groups excluding tert-OH is 2. The minimum absolute atomic E-state index is 0.0301. The Morgan fingerprint density at radius 3 is 2.79 bits per heavy atom. The van der Waals surface area contributed by atoms with Gasteiger partial charge >= 0.3 is 0 Å². The molecule has 0 amide bonds. The van der Waals surface area contributed by atoms with E-state index in [4.69, 9.17) is 14.2 Å². The van der Waals surface area contributed by atoms with Crippen LogP contribution in [-0.2, 0) is 16.8 Å². The van der Waals surface area contributed by atoms with Crippen LogP contribution >= 0.6 is 0 Å². The van der Waals surface area contributed by atoms with Crippen LogP contribution in [-0.4, -0.2) is 60.9 Å². The third-order valence-corrected chi connectivity index (χ3v) is 5.68. The molecule has 0 bridgehead atoms. The summed E-state index contributed by atoms with van der Waals surface area (Å²) >= 11 is 0. The fourth-order valence-corrected chi connectivity index (χ4v) is 4.44. The molecule has 130 valence electrons. The van der Waals surface area contributed by atoms with Gasteiger partial charge in [0.15, 0.2) is 11.5 Å². The van der Waals surface area contributed by atoms with Crippen LogP contribution < -0.4 is 9.47 Å². The largest absolute Gasteiger partial charge is 0.454 e. The van der Waals surface area contributed by atoms with Crippen molar-refractivity contribution in [1.29, 1.82) is 0 Å². The molecule has 0 saturated carbocycles. The molecule has 1 unspecified atom stereocenters. The molecule has 24 heavy (non-hydrogen) atoms. The maximum Gasteiger partial charge on any atom is 0.231 e. The number of fused-ring (bicyclic) bond motifs is 2. The molecule has 0 spiro atoms. The van der Waals surface area contributed by atoms with E-state index in [1.807, 2.05) is 25.3 Å². The normalized spacial score (nSPS) is 34.6. The lowest BCUT2D eigenvalue weighted by molar-refractivity contribution is 0.0771. The Kier molecular flexibility index (Phi) is 3.80. The van der Waals surface area contributed by atoms with Gasteiger partial charge in [-0.3, -0.25) is 4.90 Å². The molecule has 1 aliphatic carbocycles. The molecule has 2 heterocycles. The number of methoxy groups -OCH3 is 1. The summed E-state index contributed by atoms with van der Waals surface area (Å²) in [4.78, 5) is 2.17. The van der Waals surface area contributed by atoms with Crippen molar-refractivity contribution >= 4 is 0 Å². The average Bonchev–Trinajstić information content (AvgIpc) is 3.16. The van der Waals surface area contributed by atoms with Gasteiger partial charge in [-0.1, -0.05) is 12.2 Å². The molecule has 1 aromatic rings. The Morgan fingerprint density at radius 1 is 1.33 bits per heavy atom.